The van der Waals surface area contributed by atoms with E-state index in [0.29, 0.717) is 12.2 Å². The largest absolute Gasteiger partial charge is 0.492 e. The molecule has 2 aromatic rings. The highest BCUT2D eigenvalue weighted by atomic mass is 16.5. The van der Waals surface area contributed by atoms with Gasteiger partial charge in [-0.25, -0.2) is 0 Å². The molecule has 0 aromatic heterocycles. The summed E-state index contributed by atoms with van der Waals surface area (Å²) in [5.74, 6) is 0.763. The summed E-state index contributed by atoms with van der Waals surface area (Å²) >= 11 is 0. The Hall–Kier alpha value is -2.47. The van der Waals surface area contributed by atoms with E-state index in [1.54, 1.807) is 12.1 Å². The third-order valence-electron chi connectivity index (χ3n) is 3.80. The van der Waals surface area contributed by atoms with E-state index in [1.807, 2.05) is 12.1 Å². The number of hydrogen-bond donors (Lipinski definition) is 0. The van der Waals surface area contributed by atoms with Gasteiger partial charge >= 0.3 is 0 Å². The number of para-hydroxylation sites is 1. The molecule has 0 fully saturated rings. The average molecular weight is 278 g/mol. The molecule has 0 spiro atoms. The lowest BCUT2D eigenvalue weighted by molar-refractivity contribution is 0.322. The van der Waals surface area contributed by atoms with Crippen molar-refractivity contribution in [2.24, 2.45) is 0 Å². The summed E-state index contributed by atoms with van der Waals surface area (Å²) in [4.78, 5) is 2.38. The maximum absolute atomic E-state index is 8.89. The second kappa shape index (κ2) is 6.32. The van der Waals surface area contributed by atoms with Gasteiger partial charge in [0.1, 0.15) is 12.4 Å². The van der Waals surface area contributed by atoms with E-state index in [9.17, 15) is 0 Å². The van der Waals surface area contributed by atoms with Crippen molar-refractivity contribution in [1.29, 1.82) is 5.26 Å². The molecule has 2 aromatic carbocycles. The fourth-order valence-electron chi connectivity index (χ4n) is 2.77. The first-order valence-corrected chi connectivity index (χ1v) is 7.32. The molecule has 3 rings (SSSR count). The Morgan fingerprint density at radius 1 is 1.14 bits per heavy atom. The molecule has 0 saturated carbocycles. The van der Waals surface area contributed by atoms with Gasteiger partial charge in [0.05, 0.1) is 18.2 Å². The lowest BCUT2D eigenvalue weighted by Crippen LogP contribution is -2.33. The molecule has 0 amide bonds. The van der Waals surface area contributed by atoms with Crippen LogP contribution < -0.4 is 9.64 Å². The quantitative estimate of drug-likeness (QED) is 0.860. The molecule has 0 bridgehead atoms. The molecule has 0 aliphatic carbocycles. The maximum atomic E-state index is 8.89. The Morgan fingerprint density at radius 3 is 2.95 bits per heavy atom. The Balaban J connectivity index is 1.60. The molecule has 0 atom stereocenters. The minimum Gasteiger partial charge on any atom is -0.492 e. The van der Waals surface area contributed by atoms with Crippen molar-refractivity contribution in [2.45, 2.75) is 12.8 Å². The summed E-state index contributed by atoms with van der Waals surface area (Å²) in [7, 11) is 0. The van der Waals surface area contributed by atoms with Gasteiger partial charge in [0, 0.05) is 12.2 Å². The van der Waals surface area contributed by atoms with E-state index in [2.05, 4.69) is 35.2 Å². The smallest absolute Gasteiger partial charge is 0.120 e. The molecule has 1 aliphatic heterocycles. The van der Waals surface area contributed by atoms with Crippen LogP contribution in [0, 0.1) is 11.3 Å². The van der Waals surface area contributed by atoms with Crippen molar-refractivity contribution in [2.75, 3.05) is 24.6 Å². The summed E-state index contributed by atoms with van der Waals surface area (Å²) < 4.78 is 5.77. The molecule has 21 heavy (non-hydrogen) atoms. The van der Waals surface area contributed by atoms with E-state index in [-0.39, 0.29) is 0 Å². The molecular weight excluding hydrogens is 260 g/mol. The number of benzene rings is 2. The van der Waals surface area contributed by atoms with Gasteiger partial charge in [-0.15, -0.1) is 0 Å². The lowest BCUT2D eigenvalue weighted by Gasteiger charge is -2.31. The van der Waals surface area contributed by atoms with E-state index >= 15 is 0 Å². The average Bonchev–Trinajstić information content (AvgIpc) is 2.55. The molecule has 3 nitrogen and oxygen atoms in total. The molecule has 3 heteroatoms. The first kappa shape index (κ1) is 13.5. The van der Waals surface area contributed by atoms with Crippen molar-refractivity contribution in [1.82, 2.24) is 0 Å². The third-order valence-corrected chi connectivity index (χ3v) is 3.80. The van der Waals surface area contributed by atoms with Crippen LogP contribution in [-0.4, -0.2) is 19.7 Å². The Kier molecular flexibility index (Phi) is 4.07. The topological polar surface area (TPSA) is 36.3 Å². The predicted molar refractivity (Wildman–Crippen MR) is 83.6 cm³/mol. The Bertz CT molecular complexity index is 660. The van der Waals surface area contributed by atoms with E-state index in [1.165, 1.54) is 17.7 Å². The first-order chi connectivity index (χ1) is 10.4. The van der Waals surface area contributed by atoms with Gasteiger partial charge < -0.3 is 9.64 Å². The van der Waals surface area contributed by atoms with Crippen LogP contribution in [-0.2, 0) is 6.42 Å². The number of hydrogen-bond acceptors (Lipinski definition) is 3. The zero-order valence-electron chi connectivity index (χ0n) is 12.0. The number of anilines is 1. The number of ether oxygens (including phenoxy) is 1. The summed E-state index contributed by atoms with van der Waals surface area (Å²) in [5, 5.41) is 8.89. The van der Waals surface area contributed by atoms with Crippen LogP contribution in [0.15, 0.2) is 48.5 Å². The zero-order valence-corrected chi connectivity index (χ0v) is 12.0. The van der Waals surface area contributed by atoms with Crippen molar-refractivity contribution >= 4 is 5.69 Å². The van der Waals surface area contributed by atoms with Crippen molar-refractivity contribution < 1.29 is 4.74 Å². The van der Waals surface area contributed by atoms with Crippen molar-refractivity contribution in [3.63, 3.8) is 0 Å². The van der Waals surface area contributed by atoms with Gasteiger partial charge in [0.2, 0.25) is 0 Å². The van der Waals surface area contributed by atoms with Crippen molar-refractivity contribution in [3.05, 3.63) is 59.7 Å². The van der Waals surface area contributed by atoms with Gasteiger partial charge in [-0.3, -0.25) is 0 Å². The standard InChI is InChI=1S/C18H18N2O/c19-14-15-5-3-8-17(13-15)21-12-11-20-10-4-7-16-6-1-2-9-18(16)20/h1-3,5-6,8-9,13H,4,7,10-12H2. The van der Waals surface area contributed by atoms with Gasteiger partial charge in [0.25, 0.3) is 0 Å². The highest BCUT2D eigenvalue weighted by Crippen LogP contribution is 2.26. The Labute approximate surface area is 125 Å². The highest BCUT2D eigenvalue weighted by Gasteiger charge is 2.15. The zero-order chi connectivity index (χ0) is 14.5. The van der Waals surface area contributed by atoms with Gasteiger partial charge in [-0.2, -0.15) is 5.26 Å². The van der Waals surface area contributed by atoms with Crippen LogP contribution in [0.2, 0.25) is 0 Å². The van der Waals surface area contributed by atoms with Crippen LogP contribution in [0.4, 0.5) is 5.69 Å². The summed E-state index contributed by atoms with van der Waals surface area (Å²) in [6.07, 6.45) is 2.36. The molecule has 0 unspecified atom stereocenters. The monoisotopic (exact) mass is 278 g/mol. The number of nitrogens with zero attached hydrogens (tertiary/aromatic N) is 2. The first-order valence-electron chi connectivity index (χ1n) is 7.32. The minimum atomic E-state index is 0.628. The number of aryl methyl sites for hydroxylation is 1. The van der Waals surface area contributed by atoms with E-state index in [0.717, 1.165) is 25.3 Å². The highest BCUT2D eigenvalue weighted by molar-refractivity contribution is 5.55. The van der Waals surface area contributed by atoms with Crippen LogP contribution in [0.1, 0.15) is 17.5 Å². The molecule has 1 aliphatic rings. The number of nitriles is 1. The molecule has 0 saturated heterocycles. The number of fused-ring (bicyclic) bond motifs is 1. The van der Waals surface area contributed by atoms with Gasteiger partial charge in [0.15, 0.2) is 0 Å². The minimum absolute atomic E-state index is 0.628. The summed E-state index contributed by atoms with van der Waals surface area (Å²) in [5.41, 5.74) is 3.39. The van der Waals surface area contributed by atoms with Crippen LogP contribution in [0.5, 0.6) is 5.75 Å². The van der Waals surface area contributed by atoms with Crippen molar-refractivity contribution in [3.8, 4) is 11.8 Å². The van der Waals surface area contributed by atoms with E-state index in [4.69, 9.17) is 10.00 Å². The second-order valence-electron chi connectivity index (χ2n) is 5.21. The fraction of sp³-hybridized carbons (Fsp3) is 0.278. The molecule has 0 radical (unpaired) electrons. The summed E-state index contributed by atoms with van der Waals surface area (Å²) in [6.45, 7) is 2.58. The third kappa shape index (κ3) is 3.17. The maximum Gasteiger partial charge on any atom is 0.120 e. The molecule has 0 N–H and O–H groups in total. The van der Waals surface area contributed by atoms with Crippen LogP contribution in [0.3, 0.4) is 0 Å². The molecule has 106 valence electrons. The second-order valence-corrected chi connectivity index (χ2v) is 5.21. The number of rotatable bonds is 4. The Morgan fingerprint density at radius 2 is 2.05 bits per heavy atom. The van der Waals surface area contributed by atoms with E-state index < -0.39 is 0 Å². The van der Waals surface area contributed by atoms with Crippen LogP contribution >= 0.6 is 0 Å². The summed E-state index contributed by atoms with van der Waals surface area (Å²) in [6, 6.07) is 18.0. The molecular formula is C18H18N2O. The SMILES string of the molecule is N#Cc1cccc(OCCN2CCCc3ccccc32)c1. The van der Waals surface area contributed by atoms with Gasteiger partial charge in [-0.05, 0) is 42.7 Å². The van der Waals surface area contributed by atoms with Gasteiger partial charge in [-0.1, -0.05) is 24.3 Å². The van der Waals surface area contributed by atoms with Crippen LogP contribution in [0.25, 0.3) is 0 Å². The lowest BCUT2D eigenvalue weighted by atomic mass is 10.0. The fourth-order valence-corrected chi connectivity index (χ4v) is 2.77. The normalized spacial score (nSPS) is 13.4. The predicted octanol–water partition coefficient (Wildman–Crippen LogP) is 3.39. The molecule has 1 heterocycles.